The summed E-state index contributed by atoms with van der Waals surface area (Å²) < 4.78 is 6.98. The van der Waals surface area contributed by atoms with Crippen LogP contribution in [-0.4, -0.2) is 4.98 Å². The van der Waals surface area contributed by atoms with Gasteiger partial charge in [0, 0.05) is 21.4 Å². The van der Waals surface area contributed by atoms with Gasteiger partial charge in [0.1, 0.15) is 5.75 Å². The minimum absolute atomic E-state index is 0.429. The van der Waals surface area contributed by atoms with E-state index >= 15 is 0 Å². The smallest absolute Gasteiger partial charge is 0.224 e. The fourth-order valence-corrected chi connectivity index (χ4v) is 2.32. The summed E-state index contributed by atoms with van der Waals surface area (Å²) >= 11 is 2.25. The van der Waals surface area contributed by atoms with Gasteiger partial charge in [-0.15, -0.1) is 0 Å². The van der Waals surface area contributed by atoms with Crippen molar-refractivity contribution in [2.75, 3.05) is 0 Å². The standard InChI is InChI=1S/C14H15IN2O/c1-9-6-10(2)17-14(13(9)8-16)18-12-5-3-4-11(15)7-12/h3-7H,8,16H2,1-2H3. The SMILES string of the molecule is Cc1cc(C)c(CN)c(Oc2cccc(I)c2)n1. The van der Waals surface area contributed by atoms with Gasteiger partial charge in [-0.1, -0.05) is 6.07 Å². The molecule has 0 bridgehead atoms. The number of halogens is 1. The van der Waals surface area contributed by atoms with Crippen LogP contribution in [0, 0.1) is 17.4 Å². The topological polar surface area (TPSA) is 48.1 Å². The molecule has 4 heteroatoms. The van der Waals surface area contributed by atoms with Crippen LogP contribution in [0.5, 0.6) is 11.6 Å². The van der Waals surface area contributed by atoms with Crippen LogP contribution in [0.15, 0.2) is 30.3 Å². The molecular formula is C14H15IN2O. The van der Waals surface area contributed by atoms with Crippen LogP contribution in [0.2, 0.25) is 0 Å². The number of nitrogens with zero attached hydrogens (tertiary/aromatic N) is 1. The largest absolute Gasteiger partial charge is 0.439 e. The van der Waals surface area contributed by atoms with E-state index in [1.807, 2.05) is 44.2 Å². The predicted octanol–water partition coefficient (Wildman–Crippen LogP) is 3.55. The summed E-state index contributed by atoms with van der Waals surface area (Å²) in [6, 6.07) is 9.89. The van der Waals surface area contributed by atoms with E-state index in [1.54, 1.807) is 0 Å². The number of pyridine rings is 1. The minimum Gasteiger partial charge on any atom is -0.439 e. The lowest BCUT2D eigenvalue weighted by atomic mass is 10.1. The second-order valence-electron chi connectivity index (χ2n) is 4.13. The molecule has 18 heavy (non-hydrogen) atoms. The Morgan fingerprint density at radius 2 is 2.06 bits per heavy atom. The molecule has 1 aromatic carbocycles. The number of hydrogen-bond donors (Lipinski definition) is 1. The molecule has 1 heterocycles. The molecule has 2 aromatic rings. The van der Waals surface area contributed by atoms with Gasteiger partial charge in [-0.3, -0.25) is 0 Å². The maximum absolute atomic E-state index is 5.85. The molecule has 94 valence electrons. The number of aromatic nitrogens is 1. The normalized spacial score (nSPS) is 10.4. The second kappa shape index (κ2) is 5.67. The number of benzene rings is 1. The Hall–Kier alpha value is -1.14. The van der Waals surface area contributed by atoms with Crippen molar-refractivity contribution in [2.24, 2.45) is 5.73 Å². The first-order chi connectivity index (χ1) is 8.60. The van der Waals surface area contributed by atoms with Gasteiger partial charge < -0.3 is 10.5 Å². The molecule has 0 spiro atoms. The van der Waals surface area contributed by atoms with Gasteiger partial charge in [-0.25, -0.2) is 4.98 Å². The van der Waals surface area contributed by atoms with Crippen LogP contribution in [0.3, 0.4) is 0 Å². The van der Waals surface area contributed by atoms with Crippen molar-refractivity contribution in [3.63, 3.8) is 0 Å². The first-order valence-electron chi connectivity index (χ1n) is 5.70. The van der Waals surface area contributed by atoms with Gasteiger partial charge in [0.25, 0.3) is 0 Å². The highest BCUT2D eigenvalue weighted by molar-refractivity contribution is 14.1. The Morgan fingerprint density at radius 1 is 1.28 bits per heavy atom. The van der Waals surface area contributed by atoms with Crippen molar-refractivity contribution in [1.29, 1.82) is 0 Å². The van der Waals surface area contributed by atoms with E-state index in [-0.39, 0.29) is 0 Å². The quantitative estimate of drug-likeness (QED) is 0.858. The third-order valence-corrected chi connectivity index (χ3v) is 3.32. The van der Waals surface area contributed by atoms with Gasteiger partial charge in [-0.05, 0) is 66.3 Å². The van der Waals surface area contributed by atoms with Crippen molar-refractivity contribution in [2.45, 2.75) is 20.4 Å². The van der Waals surface area contributed by atoms with Crippen LogP contribution in [0.25, 0.3) is 0 Å². The summed E-state index contributed by atoms with van der Waals surface area (Å²) in [4.78, 5) is 4.43. The Labute approximate surface area is 121 Å². The van der Waals surface area contributed by atoms with Crippen LogP contribution < -0.4 is 10.5 Å². The number of hydrogen-bond acceptors (Lipinski definition) is 3. The minimum atomic E-state index is 0.429. The van der Waals surface area contributed by atoms with Gasteiger partial charge in [-0.2, -0.15) is 0 Å². The fraction of sp³-hybridized carbons (Fsp3) is 0.214. The Balaban J connectivity index is 2.39. The number of aryl methyl sites for hydroxylation is 2. The van der Waals surface area contributed by atoms with Gasteiger partial charge in [0.15, 0.2) is 0 Å². The van der Waals surface area contributed by atoms with Crippen molar-refractivity contribution >= 4 is 22.6 Å². The molecule has 2 N–H and O–H groups in total. The lowest BCUT2D eigenvalue weighted by Crippen LogP contribution is -2.05. The van der Waals surface area contributed by atoms with E-state index in [9.17, 15) is 0 Å². The lowest BCUT2D eigenvalue weighted by Gasteiger charge is -2.12. The first-order valence-corrected chi connectivity index (χ1v) is 6.78. The van der Waals surface area contributed by atoms with Crippen LogP contribution >= 0.6 is 22.6 Å². The Kier molecular flexibility index (Phi) is 4.19. The van der Waals surface area contributed by atoms with E-state index in [2.05, 4.69) is 27.6 Å². The summed E-state index contributed by atoms with van der Waals surface area (Å²) in [6.07, 6.45) is 0. The third-order valence-electron chi connectivity index (χ3n) is 2.65. The maximum atomic E-state index is 5.85. The monoisotopic (exact) mass is 354 g/mol. The average Bonchev–Trinajstić information content (AvgIpc) is 2.28. The zero-order chi connectivity index (χ0) is 13.1. The summed E-state index contributed by atoms with van der Waals surface area (Å²) in [5.74, 6) is 1.39. The maximum Gasteiger partial charge on any atom is 0.224 e. The number of nitrogens with two attached hydrogens (primary N) is 1. The number of rotatable bonds is 3. The van der Waals surface area contributed by atoms with Gasteiger partial charge in [0.2, 0.25) is 5.88 Å². The van der Waals surface area contributed by atoms with E-state index in [1.165, 1.54) is 0 Å². The Morgan fingerprint density at radius 3 is 2.72 bits per heavy atom. The molecule has 0 aliphatic heterocycles. The molecule has 0 atom stereocenters. The van der Waals surface area contributed by atoms with Crippen molar-refractivity contribution < 1.29 is 4.74 Å². The van der Waals surface area contributed by atoms with Crippen LogP contribution in [0.1, 0.15) is 16.8 Å². The predicted molar refractivity (Wildman–Crippen MR) is 80.8 cm³/mol. The molecule has 2 rings (SSSR count). The molecule has 0 fully saturated rings. The van der Waals surface area contributed by atoms with E-state index in [0.717, 1.165) is 26.1 Å². The van der Waals surface area contributed by atoms with Gasteiger partial charge >= 0.3 is 0 Å². The molecule has 0 unspecified atom stereocenters. The van der Waals surface area contributed by atoms with E-state index < -0.39 is 0 Å². The molecule has 1 aromatic heterocycles. The van der Waals surface area contributed by atoms with Crippen LogP contribution in [0.4, 0.5) is 0 Å². The highest BCUT2D eigenvalue weighted by Crippen LogP contribution is 2.26. The van der Waals surface area contributed by atoms with Crippen molar-refractivity contribution in [3.8, 4) is 11.6 Å². The first kappa shape index (κ1) is 13.3. The van der Waals surface area contributed by atoms with E-state index in [0.29, 0.717) is 12.4 Å². The molecule has 0 amide bonds. The highest BCUT2D eigenvalue weighted by atomic mass is 127. The zero-order valence-electron chi connectivity index (χ0n) is 10.4. The molecule has 0 aliphatic carbocycles. The average molecular weight is 354 g/mol. The fourth-order valence-electron chi connectivity index (χ4n) is 1.80. The molecule has 3 nitrogen and oxygen atoms in total. The molecule has 0 aliphatic rings. The second-order valence-corrected chi connectivity index (χ2v) is 5.37. The van der Waals surface area contributed by atoms with Gasteiger partial charge in [0.05, 0.1) is 0 Å². The van der Waals surface area contributed by atoms with Crippen molar-refractivity contribution in [3.05, 3.63) is 50.7 Å². The zero-order valence-corrected chi connectivity index (χ0v) is 12.6. The summed E-state index contributed by atoms with van der Waals surface area (Å²) in [6.45, 7) is 4.41. The summed E-state index contributed by atoms with van der Waals surface area (Å²) in [5, 5.41) is 0. The molecule has 0 saturated heterocycles. The third kappa shape index (κ3) is 3.00. The van der Waals surface area contributed by atoms with E-state index in [4.69, 9.17) is 10.5 Å². The highest BCUT2D eigenvalue weighted by Gasteiger charge is 2.09. The molecule has 0 radical (unpaired) electrons. The lowest BCUT2D eigenvalue weighted by molar-refractivity contribution is 0.454. The Bertz CT molecular complexity index is 570. The molecular weight excluding hydrogens is 339 g/mol. The van der Waals surface area contributed by atoms with Crippen LogP contribution in [-0.2, 0) is 6.54 Å². The summed E-state index contributed by atoms with van der Waals surface area (Å²) in [7, 11) is 0. The summed E-state index contributed by atoms with van der Waals surface area (Å²) in [5.41, 5.74) is 8.77. The van der Waals surface area contributed by atoms with Crippen molar-refractivity contribution in [1.82, 2.24) is 4.98 Å². The number of ether oxygens (including phenoxy) is 1. The molecule has 0 saturated carbocycles.